The molecular formula is C18H25ClN2O2. The van der Waals surface area contributed by atoms with E-state index < -0.39 is 0 Å². The van der Waals surface area contributed by atoms with Gasteiger partial charge in [0.2, 0.25) is 11.8 Å². The molecule has 0 aromatic heterocycles. The fourth-order valence-corrected chi connectivity index (χ4v) is 3.52. The molecule has 1 aromatic carbocycles. The Labute approximate surface area is 143 Å². The van der Waals surface area contributed by atoms with Gasteiger partial charge >= 0.3 is 0 Å². The molecule has 2 amide bonds. The Morgan fingerprint density at radius 2 is 2.00 bits per heavy atom. The standard InChI is InChI=1S/C18H25ClN2O2/c1-4-14(5-2)21-11-13(10-17(21)22)18(23)20-12(3)15-8-6-7-9-16(15)19/h6-9,12-14H,4-5,10-11H2,1-3H3,(H,20,23). The molecule has 126 valence electrons. The van der Waals surface area contributed by atoms with Gasteiger partial charge in [-0.3, -0.25) is 9.59 Å². The zero-order valence-corrected chi connectivity index (χ0v) is 14.8. The maximum absolute atomic E-state index is 12.5. The molecule has 23 heavy (non-hydrogen) atoms. The van der Waals surface area contributed by atoms with Crippen molar-refractivity contribution < 1.29 is 9.59 Å². The predicted octanol–water partition coefficient (Wildman–Crippen LogP) is 3.55. The lowest BCUT2D eigenvalue weighted by atomic mass is 10.0. The van der Waals surface area contributed by atoms with Gasteiger partial charge in [-0.15, -0.1) is 0 Å². The highest BCUT2D eigenvalue weighted by Crippen LogP contribution is 2.26. The van der Waals surface area contributed by atoms with E-state index in [1.807, 2.05) is 36.1 Å². The first-order valence-electron chi connectivity index (χ1n) is 8.32. The van der Waals surface area contributed by atoms with E-state index in [4.69, 9.17) is 11.6 Å². The summed E-state index contributed by atoms with van der Waals surface area (Å²) in [5.41, 5.74) is 0.892. The highest BCUT2D eigenvalue weighted by molar-refractivity contribution is 6.31. The zero-order valence-electron chi connectivity index (χ0n) is 14.0. The van der Waals surface area contributed by atoms with Crippen LogP contribution in [0.4, 0.5) is 0 Å². The van der Waals surface area contributed by atoms with Crippen LogP contribution in [-0.2, 0) is 9.59 Å². The third-order valence-electron chi connectivity index (χ3n) is 4.64. The Bertz CT molecular complexity index is 572. The lowest BCUT2D eigenvalue weighted by Gasteiger charge is -2.26. The summed E-state index contributed by atoms with van der Waals surface area (Å²) in [5.74, 6) is -0.253. The third kappa shape index (κ3) is 4.05. The van der Waals surface area contributed by atoms with Crippen molar-refractivity contribution in [2.24, 2.45) is 5.92 Å². The van der Waals surface area contributed by atoms with Crippen LogP contribution in [0.15, 0.2) is 24.3 Å². The van der Waals surface area contributed by atoms with Crippen molar-refractivity contribution in [3.05, 3.63) is 34.9 Å². The molecule has 0 saturated carbocycles. The van der Waals surface area contributed by atoms with Gasteiger partial charge in [0.05, 0.1) is 12.0 Å². The van der Waals surface area contributed by atoms with Crippen LogP contribution in [0.1, 0.15) is 51.6 Å². The molecule has 1 aliphatic heterocycles. The van der Waals surface area contributed by atoms with Crippen molar-refractivity contribution in [1.29, 1.82) is 0 Å². The zero-order chi connectivity index (χ0) is 17.0. The van der Waals surface area contributed by atoms with Crippen LogP contribution in [-0.4, -0.2) is 29.3 Å². The fraction of sp³-hybridized carbons (Fsp3) is 0.556. The van der Waals surface area contributed by atoms with E-state index in [1.54, 1.807) is 0 Å². The van der Waals surface area contributed by atoms with Crippen molar-refractivity contribution in [2.45, 2.75) is 52.1 Å². The number of hydrogen-bond acceptors (Lipinski definition) is 2. The van der Waals surface area contributed by atoms with Gasteiger partial charge in [-0.1, -0.05) is 43.6 Å². The van der Waals surface area contributed by atoms with E-state index in [0.29, 0.717) is 18.0 Å². The monoisotopic (exact) mass is 336 g/mol. The second kappa shape index (κ2) is 7.82. The minimum atomic E-state index is -0.270. The maximum atomic E-state index is 12.5. The van der Waals surface area contributed by atoms with Gasteiger partial charge in [0.25, 0.3) is 0 Å². The highest BCUT2D eigenvalue weighted by atomic mass is 35.5. The summed E-state index contributed by atoms with van der Waals surface area (Å²) in [4.78, 5) is 26.5. The second-order valence-electron chi connectivity index (χ2n) is 6.17. The van der Waals surface area contributed by atoms with E-state index in [1.165, 1.54) is 0 Å². The van der Waals surface area contributed by atoms with Gasteiger partial charge in [0, 0.05) is 24.0 Å². The normalized spacial score (nSPS) is 19.3. The molecule has 1 aliphatic rings. The van der Waals surface area contributed by atoms with Crippen LogP contribution >= 0.6 is 11.6 Å². The molecule has 2 atom stereocenters. The number of nitrogens with one attached hydrogen (secondary N) is 1. The predicted molar refractivity (Wildman–Crippen MR) is 92.2 cm³/mol. The van der Waals surface area contributed by atoms with E-state index >= 15 is 0 Å². The minimum Gasteiger partial charge on any atom is -0.349 e. The molecule has 1 N–H and O–H groups in total. The summed E-state index contributed by atoms with van der Waals surface area (Å²) in [6.07, 6.45) is 2.15. The second-order valence-corrected chi connectivity index (χ2v) is 6.58. The largest absolute Gasteiger partial charge is 0.349 e. The number of likely N-dealkylation sites (tertiary alicyclic amines) is 1. The average Bonchev–Trinajstić information content (AvgIpc) is 2.91. The number of hydrogen-bond donors (Lipinski definition) is 1. The maximum Gasteiger partial charge on any atom is 0.225 e. The molecule has 2 rings (SSSR count). The molecule has 1 heterocycles. The van der Waals surface area contributed by atoms with Crippen molar-refractivity contribution in [3.63, 3.8) is 0 Å². The van der Waals surface area contributed by atoms with E-state index in [-0.39, 0.29) is 29.8 Å². The molecule has 2 unspecified atom stereocenters. The SMILES string of the molecule is CCC(CC)N1CC(C(=O)NC(C)c2ccccc2Cl)CC1=O. The van der Waals surface area contributed by atoms with Gasteiger partial charge in [0.1, 0.15) is 0 Å². The lowest BCUT2D eigenvalue weighted by Crippen LogP contribution is -2.38. The molecular weight excluding hydrogens is 312 g/mol. The molecule has 4 nitrogen and oxygen atoms in total. The number of carbonyl (C=O) groups excluding carboxylic acids is 2. The molecule has 0 aliphatic carbocycles. The Balaban J connectivity index is 1.99. The number of halogens is 1. The summed E-state index contributed by atoms with van der Waals surface area (Å²) in [6, 6.07) is 7.55. The molecule has 1 fully saturated rings. The Morgan fingerprint density at radius 3 is 2.61 bits per heavy atom. The molecule has 0 radical (unpaired) electrons. The van der Waals surface area contributed by atoms with Crippen LogP contribution in [0.3, 0.4) is 0 Å². The van der Waals surface area contributed by atoms with Crippen molar-refractivity contribution in [1.82, 2.24) is 10.2 Å². The Hall–Kier alpha value is -1.55. The van der Waals surface area contributed by atoms with Crippen LogP contribution in [0, 0.1) is 5.92 Å². The third-order valence-corrected chi connectivity index (χ3v) is 4.99. The van der Waals surface area contributed by atoms with Crippen LogP contribution in [0.5, 0.6) is 0 Å². The lowest BCUT2D eigenvalue weighted by molar-refractivity contribution is -0.130. The summed E-state index contributed by atoms with van der Waals surface area (Å²) in [6.45, 7) is 6.59. The Kier molecular flexibility index (Phi) is 6.05. The first kappa shape index (κ1) is 17.8. The first-order chi connectivity index (χ1) is 11.0. The summed E-state index contributed by atoms with van der Waals surface area (Å²) < 4.78 is 0. The van der Waals surface area contributed by atoms with E-state index in [0.717, 1.165) is 18.4 Å². The molecule has 0 spiro atoms. The number of benzene rings is 1. The smallest absolute Gasteiger partial charge is 0.225 e. The van der Waals surface area contributed by atoms with E-state index in [2.05, 4.69) is 19.2 Å². The van der Waals surface area contributed by atoms with Crippen LogP contribution < -0.4 is 5.32 Å². The first-order valence-corrected chi connectivity index (χ1v) is 8.69. The average molecular weight is 337 g/mol. The van der Waals surface area contributed by atoms with Gasteiger partial charge in [-0.2, -0.15) is 0 Å². The highest BCUT2D eigenvalue weighted by Gasteiger charge is 2.37. The summed E-state index contributed by atoms with van der Waals surface area (Å²) in [5, 5.41) is 3.63. The molecule has 1 aromatic rings. The minimum absolute atomic E-state index is 0.0702. The Morgan fingerprint density at radius 1 is 1.35 bits per heavy atom. The van der Waals surface area contributed by atoms with Gasteiger partial charge in [-0.05, 0) is 31.4 Å². The quantitative estimate of drug-likeness (QED) is 0.863. The van der Waals surface area contributed by atoms with Crippen LogP contribution in [0.2, 0.25) is 5.02 Å². The van der Waals surface area contributed by atoms with Crippen molar-refractivity contribution in [3.8, 4) is 0 Å². The molecule has 5 heteroatoms. The van der Waals surface area contributed by atoms with Crippen molar-refractivity contribution in [2.75, 3.05) is 6.54 Å². The number of amides is 2. The number of rotatable bonds is 6. The number of carbonyl (C=O) groups is 2. The van der Waals surface area contributed by atoms with Gasteiger partial charge in [-0.25, -0.2) is 0 Å². The van der Waals surface area contributed by atoms with E-state index in [9.17, 15) is 9.59 Å². The van der Waals surface area contributed by atoms with Gasteiger partial charge in [0.15, 0.2) is 0 Å². The topological polar surface area (TPSA) is 49.4 Å². The number of nitrogens with zero attached hydrogens (tertiary/aromatic N) is 1. The molecule has 1 saturated heterocycles. The van der Waals surface area contributed by atoms with Crippen molar-refractivity contribution >= 4 is 23.4 Å². The van der Waals surface area contributed by atoms with Gasteiger partial charge < -0.3 is 10.2 Å². The summed E-state index contributed by atoms with van der Waals surface area (Å²) in [7, 11) is 0. The molecule has 0 bridgehead atoms. The van der Waals surface area contributed by atoms with Crippen LogP contribution in [0.25, 0.3) is 0 Å². The fourth-order valence-electron chi connectivity index (χ4n) is 3.22. The summed E-state index contributed by atoms with van der Waals surface area (Å²) >= 11 is 6.17.